The average Bonchev–Trinajstić information content (AvgIpc) is 2.34. The number of hydrogen-bond acceptors (Lipinski definition) is 5. The molecule has 0 aromatic heterocycles. The van der Waals surface area contributed by atoms with E-state index in [0.29, 0.717) is 0 Å². The van der Waals surface area contributed by atoms with Crippen LogP contribution in [0.2, 0.25) is 5.02 Å². The van der Waals surface area contributed by atoms with Crippen LogP contribution in [0.15, 0.2) is 18.2 Å². The number of halogens is 1. The fourth-order valence-corrected chi connectivity index (χ4v) is 1.54. The summed E-state index contributed by atoms with van der Waals surface area (Å²) in [5.41, 5.74) is -0.209. The van der Waals surface area contributed by atoms with Gasteiger partial charge in [0.25, 0.3) is 5.69 Å². The minimum atomic E-state index is -1.27. The molecule has 108 valence electrons. The van der Waals surface area contributed by atoms with Gasteiger partial charge in [-0.1, -0.05) is 11.6 Å². The van der Waals surface area contributed by atoms with Crippen molar-refractivity contribution in [3.8, 4) is 5.75 Å². The maximum Gasteiger partial charge on any atom is 0.329 e. The van der Waals surface area contributed by atoms with Gasteiger partial charge in [-0.25, -0.2) is 4.79 Å². The third-order valence-electron chi connectivity index (χ3n) is 2.21. The van der Waals surface area contributed by atoms with Crippen LogP contribution in [-0.2, 0) is 9.59 Å². The number of nitrogens with one attached hydrogen (secondary N) is 1. The van der Waals surface area contributed by atoms with Gasteiger partial charge in [-0.05, 0) is 6.07 Å². The van der Waals surface area contributed by atoms with E-state index in [4.69, 9.17) is 21.4 Å². The zero-order valence-corrected chi connectivity index (χ0v) is 11.1. The van der Waals surface area contributed by atoms with Crippen LogP contribution in [0, 0.1) is 10.1 Å². The van der Waals surface area contributed by atoms with E-state index in [1.54, 1.807) is 0 Å². The number of carboxylic acid groups (broad SMARTS) is 1. The zero-order chi connectivity index (χ0) is 15.3. The summed E-state index contributed by atoms with van der Waals surface area (Å²) >= 11 is 5.78. The van der Waals surface area contributed by atoms with Crippen molar-refractivity contribution in [3.63, 3.8) is 0 Å². The summed E-state index contributed by atoms with van der Waals surface area (Å²) in [5, 5.41) is 21.6. The summed E-state index contributed by atoms with van der Waals surface area (Å²) in [6, 6.07) is 2.28. The SMILES string of the molecule is CC(=O)NC(COc1ccc([N+](=O)[O-])cc1Cl)C(=O)O. The Morgan fingerprint density at radius 2 is 2.20 bits per heavy atom. The third kappa shape index (κ3) is 4.39. The lowest BCUT2D eigenvalue weighted by atomic mass is 10.3. The van der Waals surface area contributed by atoms with Crippen molar-refractivity contribution in [2.45, 2.75) is 13.0 Å². The summed E-state index contributed by atoms with van der Waals surface area (Å²) in [5.74, 6) is -1.69. The Hall–Kier alpha value is -2.35. The Bertz CT molecular complexity index is 548. The highest BCUT2D eigenvalue weighted by Gasteiger charge is 2.20. The third-order valence-corrected chi connectivity index (χ3v) is 2.50. The number of hydrogen-bond donors (Lipinski definition) is 2. The predicted molar refractivity (Wildman–Crippen MR) is 68.8 cm³/mol. The molecule has 0 aliphatic heterocycles. The fraction of sp³-hybridized carbons (Fsp3) is 0.273. The highest BCUT2D eigenvalue weighted by molar-refractivity contribution is 6.32. The summed E-state index contributed by atoms with van der Waals surface area (Å²) in [6.45, 7) is 0.821. The van der Waals surface area contributed by atoms with Gasteiger partial charge < -0.3 is 15.2 Å². The molecular formula is C11H11ClN2O6. The molecule has 0 radical (unpaired) electrons. The van der Waals surface area contributed by atoms with Gasteiger partial charge in [-0.15, -0.1) is 0 Å². The number of nitro groups is 1. The summed E-state index contributed by atoms with van der Waals surface area (Å²) in [6.07, 6.45) is 0. The van der Waals surface area contributed by atoms with Crippen molar-refractivity contribution in [1.29, 1.82) is 0 Å². The van der Waals surface area contributed by atoms with E-state index in [1.807, 2.05) is 0 Å². The minimum Gasteiger partial charge on any atom is -0.489 e. The molecule has 0 saturated heterocycles. The molecule has 0 fully saturated rings. The molecular weight excluding hydrogens is 292 g/mol. The number of carbonyl (C=O) groups is 2. The monoisotopic (exact) mass is 302 g/mol. The largest absolute Gasteiger partial charge is 0.489 e. The number of aliphatic carboxylic acids is 1. The maximum atomic E-state index is 10.9. The lowest BCUT2D eigenvalue weighted by Gasteiger charge is -2.14. The number of carbonyl (C=O) groups excluding carboxylic acids is 1. The number of rotatable bonds is 6. The van der Waals surface area contributed by atoms with Crippen LogP contribution in [0.5, 0.6) is 5.75 Å². The van der Waals surface area contributed by atoms with Gasteiger partial charge in [0.2, 0.25) is 5.91 Å². The Morgan fingerprint density at radius 3 is 2.65 bits per heavy atom. The van der Waals surface area contributed by atoms with Crippen LogP contribution in [-0.4, -0.2) is 34.6 Å². The number of non-ortho nitro benzene ring substituents is 1. The van der Waals surface area contributed by atoms with Gasteiger partial charge in [0, 0.05) is 19.1 Å². The second kappa shape index (κ2) is 6.71. The molecule has 2 N–H and O–H groups in total. The summed E-state index contributed by atoms with van der Waals surface area (Å²) in [7, 11) is 0. The fourth-order valence-electron chi connectivity index (χ4n) is 1.31. The topological polar surface area (TPSA) is 119 Å². The van der Waals surface area contributed by atoms with Crippen LogP contribution in [0.25, 0.3) is 0 Å². The molecule has 0 heterocycles. The van der Waals surface area contributed by atoms with Crippen LogP contribution in [0.4, 0.5) is 5.69 Å². The van der Waals surface area contributed by atoms with Crippen molar-refractivity contribution in [3.05, 3.63) is 33.3 Å². The molecule has 1 amide bonds. The van der Waals surface area contributed by atoms with Gasteiger partial charge in [-0.2, -0.15) is 0 Å². The highest BCUT2D eigenvalue weighted by Crippen LogP contribution is 2.28. The second-order valence-corrected chi connectivity index (χ2v) is 4.18. The van der Waals surface area contributed by atoms with Crippen LogP contribution in [0.1, 0.15) is 6.92 Å². The molecule has 1 atom stereocenters. The Kier molecular flexibility index (Phi) is 5.27. The molecule has 1 unspecified atom stereocenters. The van der Waals surface area contributed by atoms with E-state index >= 15 is 0 Å². The van der Waals surface area contributed by atoms with E-state index in [1.165, 1.54) is 19.1 Å². The van der Waals surface area contributed by atoms with Crippen LogP contribution < -0.4 is 10.1 Å². The first kappa shape index (κ1) is 15.7. The Balaban J connectivity index is 2.75. The first-order valence-electron chi connectivity index (χ1n) is 5.38. The number of nitro benzene ring substituents is 1. The zero-order valence-electron chi connectivity index (χ0n) is 10.3. The smallest absolute Gasteiger partial charge is 0.329 e. The van der Waals surface area contributed by atoms with Gasteiger partial charge >= 0.3 is 5.97 Å². The van der Waals surface area contributed by atoms with Crippen LogP contribution >= 0.6 is 11.6 Å². The van der Waals surface area contributed by atoms with Gasteiger partial charge in [0.15, 0.2) is 6.04 Å². The number of amides is 1. The van der Waals surface area contributed by atoms with Crippen molar-refractivity contribution < 1.29 is 24.4 Å². The Labute approximate surface area is 118 Å². The van der Waals surface area contributed by atoms with Gasteiger partial charge in [0.1, 0.15) is 12.4 Å². The average molecular weight is 303 g/mol. The van der Waals surface area contributed by atoms with E-state index in [-0.39, 0.29) is 23.1 Å². The molecule has 0 aliphatic carbocycles. The molecule has 1 rings (SSSR count). The predicted octanol–water partition coefficient (Wildman–Crippen LogP) is 1.22. The number of nitrogens with zero attached hydrogens (tertiary/aromatic N) is 1. The van der Waals surface area contributed by atoms with Crippen molar-refractivity contribution in [2.75, 3.05) is 6.61 Å². The second-order valence-electron chi connectivity index (χ2n) is 3.77. The van der Waals surface area contributed by atoms with Crippen molar-refractivity contribution >= 4 is 29.2 Å². The minimum absolute atomic E-state index is 0.0221. The normalized spacial score (nSPS) is 11.5. The summed E-state index contributed by atoms with van der Waals surface area (Å²) < 4.78 is 5.15. The number of benzene rings is 1. The van der Waals surface area contributed by atoms with E-state index in [0.717, 1.165) is 6.07 Å². The molecule has 0 spiro atoms. The van der Waals surface area contributed by atoms with Gasteiger partial charge in [0.05, 0.1) is 9.95 Å². The quantitative estimate of drug-likeness (QED) is 0.602. The molecule has 0 bridgehead atoms. The van der Waals surface area contributed by atoms with Gasteiger partial charge in [-0.3, -0.25) is 14.9 Å². The maximum absolute atomic E-state index is 10.9. The Morgan fingerprint density at radius 1 is 1.55 bits per heavy atom. The van der Waals surface area contributed by atoms with Crippen LogP contribution in [0.3, 0.4) is 0 Å². The van der Waals surface area contributed by atoms with E-state index < -0.39 is 22.8 Å². The number of ether oxygens (including phenoxy) is 1. The van der Waals surface area contributed by atoms with Crippen molar-refractivity contribution in [1.82, 2.24) is 5.32 Å². The molecule has 0 saturated carbocycles. The molecule has 9 heteroatoms. The van der Waals surface area contributed by atoms with Crippen molar-refractivity contribution in [2.24, 2.45) is 0 Å². The van der Waals surface area contributed by atoms with E-state index in [9.17, 15) is 19.7 Å². The van der Waals surface area contributed by atoms with E-state index in [2.05, 4.69) is 5.32 Å². The molecule has 0 aliphatic rings. The molecule has 1 aromatic carbocycles. The molecule has 1 aromatic rings. The molecule has 8 nitrogen and oxygen atoms in total. The summed E-state index contributed by atoms with van der Waals surface area (Å²) in [4.78, 5) is 31.6. The standard InChI is InChI=1S/C11H11ClN2O6/c1-6(15)13-9(11(16)17)5-20-10-3-2-7(14(18)19)4-8(10)12/h2-4,9H,5H2,1H3,(H,13,15)(H,16,17). The first-order valence-corrected chi connectivity index (χ1v) is 5.75. The highest BCUT2D eigenvalue weighted by atomic mass is 35.5. The lowest BCUT2D eigenvalue weighted by molar-refractivity contribution is -0.384. The lowest BCUT2D eigenvalue weighted by Crippen LogP contribution is -2.43. The number of carboxylic acids is 1. The first-order chi connectivity index (χ1) is 9.31. The molecule has 20 heavy (non-hydrogen) atoms.